The van der Waals surface area contributed by atoms with Crippen LogP contribution in [0.15, 0.2) is 30.3 Å². The molecule has 0 amide bonds. The first-order chi connectivity index (χ1) is 8.35. The lowest BCUT2D eigenvalue weighted by Crippen LogP contribution is -2.31. The fraction of sp³-hybridized carbons (Fsp3) is 0.571. The first-order valence-corrected chi connectivity index (χ1v) is 7.35. The van der Waals surface area contributed by atoms with Crippen LogP contribution >= 0.6 is 15.9 Å². The molecule has 0 spiro atoms. The summed E-state index contributed by atoms with van der Waals surface area (Å²) in [5.74, 6) is -0.330. The monoisotopic (exact) mass is 298 g/mol. The Morgan fingerprint density at radius 2 is 1.76 bits per heavy atom. The van der Waals surface area contributed by atoms with Crippen LogP contribution in [-0.2, 0) is 15.9 Å². The standard InChI is InChI=1S/C14H19BrO2/c15-10-4-8-14(16-11-12-17-14)9-7-13-5-2-1-3-6-13/h1-3,5-6H,4,7-12H2. The minimum Gasteiger partial charge on any atom is -0.348 e. The van der Waals surface area contributed by atoms with Gasteiger partial charge in [0.2, 0.25) is 0 Å². The SMILES string of the molecule is BrCCCC1(CCc2ccccc2)OCCO1. The molecular weight excluding hydrogens is 280 g/mol. The second kappa shape index (κ2) is 6.53. The van der Waals surface area contributed by atoms with E-state index in [0.717, 1.165) is 44.2 Å². The van der Waals surface area contributed by atoms with Crippen molar-refractivity contribution in [2.45, 2.75) is 31.5 Å². The molecule has 0 saturated carbocycles. The minimum absolute atomic E-state index is 0.330. The van der Waals surface area contributed by atoms with E-state index in [2.05, 4.69) is 40.2 Å². The Labute approximate surface area is 111 Å². The van der Waals surface area contributed by atoms with Gasteiger partial charge in [-0.05, 0) is 18.4 Å². The summed E-state index contributed by atoms with van der Waals surface area (Å²) in [6.07, 6.45) is 4.03. The first kappa shape index (κ1) is 13.1. The van der Waals surface area contributed by atoms with Crippen LogP contribution in [0.2, 0.25) is 0 Å². The summed E-state index contributed by atoms with van der Waals surface area (Å²) < 4.78 is 11.6. The molecule has 1 aliphatic rings. The summed E-state index contributed by atoms with van der Waals surface area (Å²) in [4.78, 5) is 0. The predicted octanol–water partition coefficient (Wildman–Crippen LogP) is 3.54. The Morgan fingerprint density at radius 1 is 1.06 bits per heavy atom. The zero-order chi connectivity index (χ0) is 12.0. The third-order valence-corrected chi connectivity index (χ3v) is 3.70. The van der Waals surface area contributed by atoms with Gasteiger partial charge in [-0.25, -0.2) is 0 Å². The lowest BCUT2D eigenvalue weighted by atomic mass is 10.0. The van der Waals surface area contributed by atoms with Crippen LogP contribution in [0.1, 0.15) is 24.8 Å². The van der Waals surface area contributed by atoms with Crippen LogP contribution in [0.25, 0.3) is 0 Å². The summed E-state index contributed by atoms with van der Waals surface area (Å²) in [6.45, 7) is 1.47. The number of hydrogen-bond acceptors (Lipinski definition) is 2. The molecule has 1 saturated heterocycles. The number of benzene rings is 1. The van der Waals surface area contributed by atoms with Gasteiger partial charge in [0.1, 0.15) is 0 Å². The van der Waals surface area contributed by atoms with Gasteiger partial charge >= 0.3 is 0 Å². The van der Waals surface area contributed by atoms with Crippen LogP contribution in [0.4, 0.5) is 0 Å². The molecule has 1 aromatic carbocycles. The van der Waals surface area contributed by atoms with Crippen molar-refractivity contribution in [2.24, 2.45) is 0 Å². The number of ether oxygens (including phenoxy) is 2. The molecule has 0 unspecified atom stereocenters. The topological polar surface area (TPSA) is 18.5 Å². The Hall–Kier alpha value is -0.380. The lowest BCUT2D eigenvalue weighted by molar-refractivity contribution is -0.166. The number of halogens is 1. The molecule has 2 nitrogen and oxygen atoms in total. The number of rotatable bonds is 6. The van der Waals surface area contributed by atoms with Crippen LogP contribution < -0.4 is 0 Å². The smallest absolute Gasteiger partial charge is 0.168 e. The van der Waals surface area contributed by atoms with Crippen LogP contribution in [-0.4, -0.2) is 24.3 Å². The van der Waals surface area contributed by atoms with E-state index in [1.807, 2.05) is 6.07 Å². The lowest BCUT2D eigenvalue weighted by Gasteiger charge is -2.27. The first-order valence-electron chi connectivity index (χ1n) is 6.22. The van der Waals surface area contributed by atoms with E-state index in [0.29, 0.717) is 0 Å². The molecule has 17 heavy (non-hydrogen) atoms. The van der Waals surface area contributed by atoms with Crippen molar-refractivity contribution in [3.05, 3.63) is 35.9 Å². The van der Waals surface area contributed by atoms with E-state index < -0.39 is 0 Å². The largest absolute Gasteiger partial charge is 0.348 e. The highest BCUT2D eigenvalue weighted by Crippen LogP contribution is 2.30. The zero-order valence-electron chi connectivity index (χ0n) is 10.0. The van der Waals surface area contributed by atoms with Crippen LogP contribution in [0.3, 0.4) is 0 Å². The fourth-order valence-corrected chi connectivity index (χ4v) is 2.51. The van der Waals surface area contributed by atoms with Gasteiger partial charge in [-0.2, -0.15) is 0 Å². The molecule has 1 aromatic rings. The number of alkyl halides is 1. The molecule has 2 rings (SSSR count). The quantitative estimate of drug-likeness (QED) is 0.748. The van der Waals surface area contributed by atoms with Gasteiger partial charge in [0.25, 0.3) is 0 Å². The fourth-order valence-electron chi connectivity index (χ4n) is 2.23. The van der Waals surface area contributed by atoms with Gasteiger partial charge in [-0.3, -0.25) is 0 Å². The molecule has 1 aliphatic heterocycles. The molecule has 0 bridgehead atoms. The normalized spacial score (nSPS) is 18.4. The van der Waals surface area contributed by atoms with Crippen molar-refractivity contribution in [1.29, 1.82) is 0 Å². The Bertz CT molecular complexity index is 320. The molecule has 0 aromatic heterocycles. The van der Waals surface area contributed by atoms with E-state index in [-0.39, 0.29) is 5.79 Å². The molecule has 3 heteroatoms. The summed E-state index contributed by atoms with van der Waals surface area (Å²) in [7, 11) is 0. The minimum atomic E-state index is -0.330. The summed E-state index contributed by atoms with van der Waals surface area (Å²) in [5.41, 5.74) is 1.35. The van der Waals surface area contributed by atoms with Gasteiger partial charge < -0.3 is 9.47 Å². The van der Waals surface area contributed by atoms with Gasteiger partial charge in [0.05, 0.1) is 13.2 Å². The maximum atomic E-state index is 5.82. The molecule has 1 fully saturated rings. The molecule has 94 valence electrons. The van der Waals surface area contributed by atoms with Gasteiger partial charge in [-0.15, -0.1) is 0 Å². The third kappa shape index (κ3) is 3.80. The zero-order valence-corrected chi connectivity index (χ0v) is 11.6. The van der Waals surface area contributed by atoms with E-state index >= 15 is 0 Å². The van der Waals surface area contributed by atoms with Crippen molar-refractivity contribution < 1.29 is 9.47 Å². The summed E-state index contributed by atoms with van der Waals surface area (Å²) in [6, 6.07) is 10.5. The maximum Gasteiger partial charge on any atom is 0.168 e. The molecule has 0 aliphatic carbocycles. The summed E-state index contributed by atoms with van der Waals surface area (Å²) >= 11 is 3.47. The Morgan fingerprint density at radius 3 is 2.41 bits per heavy atom. The van der Waals surface area contributed by atoms with E-state index in [9.17, 15) is 0 Å². The van der Waals surface area contributed by atoms with E-state index in [1.54, 1.807) is 0 Å². The van der Waals surface area contributed by atoms with Crippen molar-refractivity contribution >= 4 is 15.9 Å². The molecular formula is C14H19BrO2. The molecule has 0 radical (unpaired) electrons. The third-order valence-electron chi connectivity index (χ3n) is 3.14. The highest BCUT2D eigenvalue weighted by Gasteiger charge is 2.35. The van der Waals surface area contributed by atoms with Gasteiger partial charge in [-0.1, -0.05) is 46.3 Å². The average molecular weight is 299 g/mol. The number of hydrogen-bond donors (Lipinski definition) is 0. The van der Waals surface area contributed by atoms with E-state index in [1.165, 1.54) is 5.56 Å². The van der Waals surface area contributed by atoms with Crippen LogP contribution in [0.5, 0.6) is 0 Å². The average Bonchev–Trinajstić information content (AvgIpc) is 2.85. The molecule has 0 N–H and O–H groups in total. The van der Waals surface area contributed by atoms with Crippen molar-refractivity contribution in [2.75, 3.05) is 18.5 Å². The highest BCUT2D eigenvalue weighted by atomic mass is 79.9. The maximum absolute atomic E-state index is 5.82. The second-order valence-corrected chi connectivity index (χ2v) is 5.18. The van der Waals surface area contributed by atoms with Crippen molar-refractivity contribution in [3.8, 4) is 0 Å². The molecule has 0 atom stereocenters. The van der Waals surface area contributed by atoms with Crippen molar-refractivity contribution in [1.82, 2.24) is 0 Å². The van der Waals surface area contributed by atoms with Gasteiger partial charge in [0, 0.05) is 18.2 Å². The van der Waals surface area contributed by atoms with Crippen molar-refractivity contribution in [3.63, 3.8) is 0 Å². The second-order valence-electron chi connectivity index (χ2n) is 4.39. The van der Waals surface area contributed by atoms with Crippen LogP contribution in [0, 0.1) is 0 Å². The Kier molecular flexibility index (Phi) is 5.01. The summed E-state index contributed by atoms with van der Waals surface area (Å²) in [5, 5.41) is 1.01. The van der Waals surface area contributed by atoms with E-state index in [4.69, 9.17) is 9.47 Å². The predicted molar refractivity (Wildman–Crippen MR) is 72.4 cm³/mol. The van der Waals surface area contributed by atoms with Gasteiger partial charge in [0.15, 0.2) is 5.79 Å². The Balaban J connectivity index is 1.89. The molecule has 1 heterocycles. The number of aryl methyl sites for hydroxylation is 1. The highest BCUT2D eigenvalue weighted by molar-refractivity contribution is 9.09.